The second-order valence-electron chi connectivity index (χ2n) is 7.36. The Morgan fingerprint density at radius 2 is 1.55 bits per heavy atom. The van der Waals surface area contributed by atoms with Gasteiger partial charge in [0, 0.05) is 36.1 Å². The molecule has 0 saturated heterocycles. The van der Waals surface area contributed by atoms with Crippen LogP contribution in [0, 0.1) is 0 Å². The van der Waals surface area contributed by atoms with Gasteiger partial charge in [-0.15, -0.1) is 0 Å². The monoisotopic (exact) mass is 469 g/mol. The average Bonchev–Trinajstić information content (AvgIpc) is 2.87. The summed E-state index contributed by atoms with van der Waals surface area (Å²) in [6, 6.07) is 16.6. The van der Waals surface area contributed by atoms with E-state index in [-0.39, 0.29) is 11.4 Å². The number of hydrogen-bond acceptors (Lipinski definition) is 6. The normalized spacial score (nSPS) is 15.8. The zero-order chi connectivity index (χ0) is 24.4. The summed E-state index contributed by atoms with van der Waals surface area (Å²) < 4.78 is 5.63. The maximum Gasteiger partial charge on any atom is 0.328 e. The first-order valence-electron chi connectivity index (χ1n) is 10.2. The molecule has 2 aromatic carbocycles. The molecule has 0 amide bonds. The van der Waals surface area contributed by atoms with Crippen molar-refractivity contribution in [3.05, 3.63) is 83.4 Å². The molecule has 1 heterocycles. The molecule has 0 aliphatic carbocycles. The fourth-order valence-corrected chi connectivity index (χ4v) is 4.34. The molecule has 0 bridgehead atoms. The van der Waals surface area contributed by atoms with Crippen LogP contribution in [-0.2, 0) is 19.1 Å². The van der Waals surface area contributed by atoms with Crippen LogP contribution in [0.25, 0.3) is 5.57 Å². The number of benzene rings is 2. The van der Waals surface area contributed by atoms with Gasteiger partial charge >= 0.3 is 17.9 Å². The van der Waals surface area contributed by atoms with Crippen molar-refractivity contribution in [3.63, 3.8) is 0 Å². The topological polar surface area (TPSA) is 104 Å². The minimum Gasteiger partial charge on any atom is -0.478 e. The number of carboxylic acids is 2. The summed E-state index contributed by atoms with van der Waals surface area (Å²) in [5.41, 5.74) is 4.29. The van der Waals surface area contributed by atoms with Crippen molar-refractivity contribution < 1.29 is 29.3 Å². The van der Waals surface area contributed by atoms with E-state index in [0.717, 1.165) is 29.0 Å². The molecule has 0 fully saturated rings. The van der Waals surface area contributed by atoms with Gasteiger partial charge in [-0.3, -0.25) is 4.79 Å². The summed E-state index contributed by atoms with van der Waals surface area (Å²) in [5.74, 6) is -2.77. The van der Waals surface area contributed by atoms with Gasteiger partial charge in [0.05, 0.1) is 0 Å². The zero-order valence-corrected chi connectivity index (χ0v) is 19.5. The van der Waals surface area contributed by atoms with E-state index < -0.39 is 11.9 Å². The molecule has 1 atom stereocenters. The van der Waals surface area contributed by atoms with Gasteiger partial charge in [-0.2, -0.15) is 0 Å². The number of nitrogens with zero attached hydrogens (tertiary/aromatic N) is 1. The highest BCUT2D eigenvalue weighted by molar-refractivity contribution is 7.99. The first-order valence-corrected chi connectivity index (χ1v) is 11.1. The Bertz CT molecular complexity index is 1040. The molecule has 33 heavy (non-hydrogen) atoms. The number of carboxylic acid groups (broad SMARTS) is 2. The lowest BCUT2D eigenvalue weighted by molar-refractivity contribution is -0.142. The molecule has 8 heteroatoms. The third-order valence-electron chi connectivity index (χ3n) is 4.48. The molecule has 2 N–H and O–H groups in total. The Morgan fingerprint density at radius 1 is 0.970 bits per heavy atom. The molecule has 1 aliphatic heterocycles. The first-order chi connectivity index (χ1) is 15.7. The number of esters is 1. The molecule has 0 aromatic heterocycles. The Hall–Kier alpha value is -3.36. The van der Waals surface area contributed by atoms with Crippen LogP contribution >= 0.6 is 11.8 Å². The molecular weight excluding hydrogens is 442 g/mol. The fraction of sp³-hybridized carbons (Fsp3) is 0.240. The summed E-state index contributed by atoms with van der Waals surface area (Å²) in [7, 11) is 4.17. The third-order valence-corrected chi connectivity index (χ3v) is 5.66. The van der Waals surface area contributed by atoms with Crippen molar-refractivity contribution in [1.82, 2.24) is 4.90 Å². The molecular formula is C25H27NO6S. The van der Waals surface area contributed by atoms with Gasteiger partial charge in [0.2, 0.25) is 0 Å². The highest BCUT2D eigenvalue weighted by Crippen LogP contribution is 2.47. The van der Waals surface area contributed by atoms with Gasteiger partial charge in [0.15, 0.2) is 5.44 Å². The minimum absolute atomic E-state index is 0.259. The van der Waals surface area contributed by atoms with Gasteiger partial charge in [-0.05, 0) is 43.3 Å². The van der Waals surface area contributed by atoms with E-state index in [2.05, 4.69) is 55.4 Å². The molecule has 174 valence electrons. The molecule has 0 saturated carbocycles. The summed E-state index contributed by atoms with van der Waals surface area (Å²) >= 11 is 1.60. The highest BCUT2D eigenvalue weighted by atomic mass is 32.2. The van der Waals surface area contributed by atoms with E-state index in [1.165, 1.54) is 18.1 Å². The lowest BCUT2D eigenvalue weighted by Gasteiger charge is -2.17. The van der Waals surface area contributed by atoms with Gasteiger partial charge in [-0.25, -0.2) is 9.59 Å². The maximum atomic E-state index is 11.6. The number of ether oxygens (including phenoxy) is 1. The van der Waals surface area contributed by atoms with Crippen molar-refractivity contribution in [2.75, 3.05) is 20.6 Å². The fourth-order valence-electron chi connectivity index (χ4n) is 3.13. The number of aliphatic carboxylic acids is 2. The standard InChI is InChI=1S/C21H23NO2S.C4H4O4/c1-15(23)24-21-19-11-5-4-9-17(19)16(12-8-14-22(2)3)18-10-6-7-13-20(18)25-21;5-3(6)1-2-4(7)8/h4-7,9-13,21H,8,14H2,1-3H3;1-2H,(H,5,6)(H,7,8)/b16-12+;2-1+. The van der Waals surface area contributed by atoms with Gasteiger partial charge in [0.1, 0.15) is 0 Å². The summed E-state index contributed by atoms with van der Waals surface area (Å²) in [5, 5.41) is 15.6. The molecule has 0 spiro atoms. The SMILES string of the molecule is CC(=O)OC1Sc2ccccc2/C(=C/CCN(C)C)c2ccccc21.O=C(O)/C=C/C(=O)O. The van der Waals surface area contributed by atoms with Crippen molar-refractivity contribution in [3.8, 4) is 0 Å². The van der Waals surface area contributed by atoms with Crippen LogP contribution in [0.1, 0.15) is 35.5 Å². The summed E-state index contributed by atoms with van der Waals surface area (Å²) in [6.07, 6.45) is 4.38. The Balaban J connectivity index is 0.000000414. The smallest absolute Gasteiger partial charge is 0.328 e. The average molecular weight is 470 g/mol. The largest absolute Gasteiger partial charge is 0.478 e. The van der Waals surface area contributed by atoms with E-state index in [1.54, 1.807) is 11.8 Å². The van der Waals surface area contributed by atoms with Crippen LogP contribution in [0.2, 0.25) is 0 Å². The van der Waals surface area contributed by atoms with E-state index in [0.29, 0.717) is 12.2 Å². The lowest BCUT2D eigenvalue weighted by Crippen LogP contribution is -2.12. The number of fused-ring (bicyclic) bond motifs is 2. The zero-order valence-electron chi connectivity index (χ0n) is 18.7. The molecule has 3 rings (SSSR count). The van der Waals surface area contributed by atoms with Crippen LogP contribution in [0.3, 0.4) is 0 Å². The Kier molecular flexibility index (Phi) is 9.90. The van der Waals surface area contributed by atoms with Crippen molar-refractivity contribution in [1.29, 1.82) is 0 Å². The van der Waals surface area contributed by atoms with E-state index in [1.807, 2.05) is 18.2 Å². The maximum absolute atomic E-state index is 11.6. The summed E-state index contributed by atoms with van der Waals surface area (Å²) in [6.45, 7) is 2.46. The lowest BCUT2D eigenvalue weighted by atomic mass is 9.93. The predicted octanol–water partition coefficient (Wildman–Crippen LogP) is 4.45. The van der Waals surface area contributed by atoms with E-state index in [9.17, 15) is 14.4 Å². The number of thioether (sulfide) groups is 1. The predicted molar refractivity (Wildman–Crippen MR) is 128 cm³/mol. The van der Waals surface area contributed by atoms with Gasteiger partial charge in [0.25, 0.3) is 0 Å². The van der Waals surface area contributed by atoms with Crippen LogP contribution in [0.5, 0.6) is 0 Å². The van der Waals surface area contributed by atoms with Gasteiger partial charge in [-0.1, -0.05) is 60.3 Å². The Morgan fingerprint density at radius 3 is 2.12 bits per heavy atom. The van der Waals surface area contributed by atoms with Gasteiger partial charge < -0.3 is 19.8 Å². The molecule has 2 aromatic rings. The van der Waals surface area contributed by atoms with Crippen LogP contribution < -0.4 is 0 Å². The number of hydrogen-bond donors (Lipinski definition) is 2. The second-order valence-corrected chi connectivity index (χ2v) is 8.47. The van der Waals surface area contributed by atoms with Crippen LogP contribution in [0.15, 0.2) is 71.7 Å². The highest BCUT2D eigenvalue weighted by Gasteiger charge is 2.27. The third kappa shape index (κ3) is 8.25. The van der Waals surface area contributed by atoms with Crippen molar-refractivity contribution >= 4 is 35.2 Å². The molecule has 1 unspecified atom stereocenters. The Labute approximate surface area is 197 Å². The quantitative estimate of drug-likeness (QED) is 0.472. The summed E-state index contributed by atoms with van der Waals surface area (Å²) in [4.78, 5) is 34.0. The second kappa shape index (κ2) is 12.6. The van der Waals surface area contributed by atoms with Crippen molar-refractivity contribution in [2.45, 2.75) is 23.7 Å². The first kappa shape index (κ1) is 25.9. The van der Waals surface area contributed by atoms with Crippen molar-refractivity contribution in [2.24, 2.45) is 0 Å². The molecule has 1 aliphatic rings. The van der Waals surface area contributed by atoms with Crippen LogP contribution in [0.4, 0.5) is 0 Å². The van der Waals surface area contributed by atoms with E-state index >= 15 is 0 Å². The number of carbonyl (C=O) groups excluding carboxylic acids is 1. The minimum atomic E-state index is -1.26. The number of carbonyl (C=O) groups is 3. The molecule has 7 nitrogen and oxygen atoms in total. The molecule has 0 radical (unpaired) electrons. The van der Waals surface area contributed by atoms with Crippen LogP contribution in [-0.4, -0.2) is 53.7 Å². The number of rotatable bonds is 6. The van der Waals surface area contributed by atoms with E-state index in [4.69, 9.17) is 14.9 Å².